The van der Waals surface area contributed by atoms with Gasteiger partial charge in [0.2, 0.25) is 4.77 Å². The van der Waals surface area contributed by atoms with Gasteiger partial charge in [0.1, 0.15) is 0 Å². The molecule has 21 heavy (non-hydrogen) atoms. The lowest BCUT2D eigenvalue weighted by Crippen LogP contribution is -2.24. The number of tetrazole rings is 1. The fourth-order valence-corrected chi connectivity index (χ4v) is 2.63. The third-order valence-electron chi connectivity index (χ3n) is 3.17. The van der Waals surface area contributed by atoms with Crippen molar-refractivity contribution in [2.75, 3.05) is 18.6 Å². The third-order valence-corrected chi connectivity index (χ3v) is 4.09. The summed E-state index contributed by atoms with van der Waals surface area (Å²) in [5, 5.41) is 10.0. The smallest absolute Gasteiger partial charge is 0.331 e. The molecule has 0 aliphatic rings. The summed E-state index contributed by atoms with van der Waals surface area (Å²) in [6.45, 7) is 2.64. The zero-order chi connectivity index (χ0) is 15.5. The van der Waals surface area contributed by atoms with Gasteiger partial charge in [-0.25, -0.2) is 9.48 Å². The standard InChI is InChI=1S/C13H24N4O2S2/c1-3-4-5-6-7-9-19-12(18)11(8-10-21-2)17-13(20)14-15-16-17/h11H,3-10H2,1-2H3,(H,14,16,20). The van der Waals surface area contributed by atoms with Gasteiger partial charge in [0.25, 0.3) is 0 Å². The number of unbranched alkanes of at least 4 members (excludes halogenated alkanes) is 4. The van der Waals surface area contributed by atoms with Gasteiger partial charge in [-0.15, -0.1) is 0 Å². The molecule has 1 aromatic heterocycles. The van der Waals surface area contributed by atoms with Gasteiger partial charge >= 0.3 is 5.97 Å². The van der Waals surface area contributed by atoms with Crippen molar-refractivity contribution in [3.05, 3.63) is 4.77 Å². The van der Waals surface area contributed by atoms with Crippen LogP contribution in [0.5, 0.6) is 0 Å². The predicted molar refractivity (Wildman–Crippen MR) is 87.0 cm³/mol. The largest absolute Gasteiger partial charge is 0.464 e. The van der Waals surface area contributed by atoms with E-state index in [2.05, 4.69) is 22.4 Å². The third kappa shape index (κ3) is 6.60. The van der Waals surface area contributed by atoms with Gasteiger partial charge in [0.05, 0.1) is 6.61 Å². The van der Waals surface area contributed by atoms with E-state index in [1.165, 1.54) is 23.9 Å². The second kappa shape index (κ2) is 10.8. The Morgan fingerprint density at radius 3 is 2.81 bits per heavy atom. The summed E-state index contributed by atoms with van der Waals surface area (Å²) in [6.07, 6.45) is 8.30. The van der Waals surface area contributed by atoms with Gasteiger partial charge in [0, 0.05) is 0 Å². The first-order valence-corrected chi connectivity index (χ1v) is 9.16. The van der Waals surface area contributed by atoms with Crippen molar-refractivity contribution in [3.8, 4) is 0 Å². The van der Waals surface area contributed by atoms with Crippen LogP contribution in [-0.2, 0) is 9.53 Å². The quantitative estimate of drug-likeness (QED) is 0.381. The topological polar surface area (TPSA) is 72.8 Å². The SMILES string of the molecule is CCCCCCCOC(=O)C(CCSC)n1[nH]nnc1=S. The monoisotopic (exact) mass is 332 g/mol. The predicted octanol–water partition coefficient (Wildman–Crippen LogP) is 3.14. The number of carbonyl (C=O) groups is 1. The van der Waals surface area contributed by atoms with Crippen molar-refractivity contribution in [3.63, 3.8) is 0 Å². The normalized spacial score (nSPS) is 12.3. The lowest BCUT2D eigenvalue weighted by atomic mass is 10.2. The van der Waals surface area contributed by atoms with Crippen LogP contribution in [0.4, 0.5) is 0 Å². The van der Waals surface area contributed by atoms with E-state index in [1.807, 2.05) is 6.26 Å². The highest BCUT2D eigenvalue weighted by atomic mass is 32.2. The molecule has 1 heterocycles. The van der Waals surface area contributed by atoms with E-state index >= 15 is 0 Å². The summed E-state index contributed by atoms with van der Waals surface area (Å²) in [7, 11) is 0. The molecule has 6 nitrogen and oxygen atoms in total. The molecule has 1 aromatic rings. The molecule has 0 spiro atoms. The summed E-state index contributed by atoms with van der Waals surface area (Å²) in [6, 6.07) is -0.462. The van der Waals surface area contributed by atoms with E-state index in [4.69, 9.17) is 17.0 Å². The Morgan fingerprint density at radius 2 is 2.19 bits per heavy atom. The molecule has 1 unspecified atom stereocenters. The molecule has 8 heteroatoms. The molecule has 0 aliphatic heterocycles. The second-order valence-electron chi connectivity index (χ2n) is 4.83. The van der Waals surface area contributed by atoms with Crippen LogP contribution in [0.15, 0.2) is 0 Å². The van der Waals surface area contributed by atoms with Gasteiger partial charge in [0.15, 0.2) is 6.04 Å². The minimum absolute atomic E-state index is 0.262. The van der Waals surface area contributed by atoms with Crippen LogP contribution in [-0.4, -0.2) is 44.8 Å². The highest BCUT2D eigenvalue weighted by molar-refractivity contribution is 7.98. The molecule has 0 saturated heterocycles. The highest BCUT2D eigenvalue weighted by Crippen LogP contribution is 2.15. The Hall–Kier alpha value is -0.890. The number of hydrogen-bond acceptors (Lipinski definition) is 6. The first kappa shape index (κ1) is 18.2. The zero-order valence-corrected chi connectivity index (χ0v) is 14.3. The molecule has 0 amide bonds. The molecular formula is C13H24N4O2S2. The summed E-state index contributed by atoms with van der Waals surface area (Å²) in [5.74, 6) is 0.582. The molecule has 0 fully saturated rings. The van der Waals surface area contributed by atoms with Crippen molar-refractivity contribution in [2.45, 2.75) is 51.5 Å². The maximum atomic E-state index is 12.2. The second-order valence-corrected chi connectivity index (χ2v) is 6.18. The Bertz CT molecular complexity index is 461. The number of rotatable bonds is 11. The van der Waals surface area contributed by atoms with E-state index < -0.39 is 6.04 Å². The van der Waals surface area contributed by atoms with Crippen LogP contribution in [0.2, 0.25) is 0 Å². The summed E-state index contributed by atoms with van der Waals surface area (Å²) in [5.41, 5.74) is 0. The van der Waals surface area contributed by atoms with Gasteiger partial charge in [-0.05, 0) is 37.1 Å². The van der Waals surface area contributed by atoms with Crippen molar-refractivity contribution in [1.82, 2.24) is 20.2 Å². The van der Waals surface area contributed by atoms with E-state index in [0.29, 0.717) is 13.0 Å². The Kier molecular flexibility index (Phi) is 9.32. The molecule has 120 valence electrons. The maximum Gasteiger partial charge on any atom is 0.331 e. The average Bonchev–Trinajstić information content (AvgIpc) is 2.89. The van der Waals surface area contributed by atoms with Crippen LogP contribution in [0.1, 0.15) is 51.5 Å². The van der Waals surface area contributed by atoms with E-state index in [9.17, 15) is 4.79 Å². The zero-order valence-electron chi connectivity index (χ0n) is 12.7. The summed E-state index contributed by atoms with van der Waals surface area (Å²) >= 11 is 6.74. The van der Waals surface area contributed by atoms with Gasteiger partial charge in [-0.2, -0.15) is 17.0 Å². The first-order valence-electron chi connectivity index (χ1n) is 7.35. The molecule has 1 rings (SSSR count). The Balaban J connectivity index is 2.45. The molecule has 0 aliphatic carbocycles. The Morgan fingerprint density at radius 1 is 1.43 bits per heavy atom. The molecular weight excluding hydrogens is 308 g/mol. The van der Waals surface area contributed by atoms with Gasteiger partial charge < -0.3 is 4.74 Å². The summed E-state index contributed by atoms with van der Waals surface area (Å²) in [4.78, 5) is 12.2. The fraction of sp³-hybridized carbons (Fsp3) is 0.846. The molecule has 1 N–H and O–H groups in total. The highest BCUT2D eigenvalue weighted by Gasteiger charge is 2.23. The Labute approximate surface area is 135 Å². The maximum absolute atomic E-state index is 12.2. The lowest BCUT2D eigenvalue weighted by Gasteiger charge is -2.15. The fourth-order valence-electron chi connectivity index (χ4n) is 1.96. The van der Waals surface area contributed by atoms with Crippen LogP contribution >= 0.6 is 24.0 Å². The number of carbonyl (C=O) groups excluding carboxylic acids is 1. The van der Waals surface area contributed by atoms with Crippen molar-refractivity contribution in [2.24, 2.45) is 0 Å². The molecule has 0 saturated carbocycles. The van der Waals surface area contributed by atoms with Gasteiger partial charge in [-0.3, -0.25) is 0 Å². The minimum Gasteiger partial charge on any atom is -0.464 e. The molecule has 0 bridgehead atoms. The van der Waals surface area contributed by atoms with Crippen molar-refractivity contribution in [1.29, 1.82) is 0 Å². The van der Waals surface area contributed by atoms with Crippen molar-refractivity contribution >= 4 is 29.9 Å². The summed E-state index contributed by atoms with van der Waals surface area (Å²) < 4.78 is 7.15. The number of nitrogens with zero attached hydrogens (tertiary/aromatic N) is 3. The molecule has 1 atom stereocenters. The first-order chi connectivity index (χ1) is 10.2. The minimum atomic E-state index is -0.462. The molecule has 0 radical (unpaired) electrons. The number of esters is 1. The van der Waals surface area contributed by atoms with Crippen LogP contribution in [0.25, 0.3) is 0 Å². The van der Waals surface area contributed by atoms with E-state index in [0.717, 1.165) is 18.6 Å². The number of H-pyrrole nitrogens is 1. The van der Waals surface area contributed by atoms with E-state index in [1.54, 1.807) is 11.8 Å². The van der Waals surface area contributed by atoms with Crippen LogP contribution in [0, 0.1) is 4.77 Å². The number of nitrogens with one attached hydrogen (secondary N) is 1. The number of aromatic amines is 1. The van der Waals surface area contributed by atoms with E-state index in [-0.39, 0.29) is 10.7 Å². The van der Waals surface area contributed by atoms with Crippen LogP contribution in [0.3, 0.4) is 0 Å². The van der Waals surface area contributed by atoms with Gasteiger partial charge in [-0.1, -0.05) is 42.9 Å². The number of thioether (sulfide) groups is 1. The number of hydrogen-bond donors (Lipinski definition) is 1. The number of ether oxygens (including phenoxy) is 1. The van der Waals surface area contributed by atoms with Crippen molar-refractivity contribution < 1.29 is 9.53 Å². The average molecular weight is 332 g/mol. The van der Waals surface area contributed by atoms with Crippen LogP contribution < -0.4 is 0 Å². The molecule has 0 aromatic carbocycles. The lowest BCUT2D eigenvalue weighted by molar-refractivity contribution is -0.148. The number of aromatic nitrogens is 4.